The van der Waals surface area contributed by atoms with Gasteiger partial charge in [0.15, 0.2) is 0 Å². The molecule has 1 unspecified atom stereocenters. The van der Waals surface area contributed by atoms with Crippen molar-refractivity contribution in [1.29, 1.82) is 0 Å². The first kappa shape index (κ1) is 30.4. The van der Waals surface area contributed by atoms with Crippen molar-refractivity contribution < 1.29 is 19.3 Å². The van der Waals surface area contributed by atoms with E-state index in [1.165, 1.54) is 5.70 Å². The predicted octanol–water partition coefficient (Wildman–Crippen LogP) is 6.04. The maximum Gasteiger partial charge on any atom is 0.127 e. The van der Waals surface area contributed by atoms with Gasteiger partial charge in [0.05, 0.1) is 20.3 Å². The number of allylic oxidation sites excluding steroid dienone is 5. The summed E-state index contributed by atoms with van der Waals surface area (Å²) in [6, 6.07) is 11.9. The number of anilines is 1. The van der Waals surface area contributed by atoms with Crippen molar-refractivity contribution >= 4 is 5.69 Å². The van der Waals surface area contributed by atoms with E-state index >= 15 is 0 Å². The topological polar surface area (TPSA) is 54.4 Å². The Balaban J connectivity index is 1.59. The number of hydrogen-bond acceptors (Lipinski definition) is 6. The Hall–Kier alpha value is -4.52. The Morgan fingerprint density at radius 2 is 1.43 bits per heavy atom. The third-order valence-electron chi connectivity index (χ3n) is 7.51. The lowest BCUT2D eigenvalue weighted by Gasteiger charge is -2.25. The van der Waals surface area contributed by atoms with Gasteiger partial charge in [0.25, 0.3) is 0 Å². The lowest BCUT2D eigenvalue weighted by molar-refractivity contribution is 0.124. The molecule has 0 radical (unpaired) electrons. The van der Waals surface area contributed by atoms with Gasteiger partial charge in [-0.15, -0.1) is 0 Å². The van der Waals surface area contributed by atoms with Crippen LogP contribution in [0.5, 0.6) is 11.5 Å². The van der Waals surface area contributed by atoms with Crippen LogP contribution in [0.1, 0.15) is 36.0 Å². The number of aliphatic hydroxyl groups excluding tert-OH is 1. The third kappa shape index (κ3) is 7.40. The van der Waals surface area contributed by atoms with Crippen LogP contribution in [0.15, 0.2) is 82.8 Å². The van der Waals surface area contributed by atoms with E-state index in [2.05, 4.69) is 59.7 Å². The van der Waals surface area contributed by atoms with Crippen LogP contribution in [0.4, 0.5) is 5.69 Å². The number of rotatable bonds is 7. The monoisotopic (exact) mass is 564 g/mol. The molecule has 0 fully saturated rings. The zero-order valence-electron chi connectivity index (χ0n) is 25.7. The van der Waals surface area contributed by atoms with Gasteiger partial charge in [-0.05, 0) is 67.5 Å². The Bertz CT molecular complexity index is 1530. The van der Waals surface area contributed by atoms with Crippen molar-refractivity contribution in [3.05, 3.63) is 99.5 Å². The molecular formula is C36H40N2O4. The van der Waals surface area contributed by atoms with Crippen molar-refractivity contribution in [2.45, 2.75) is 31.8 Å². The van der Waals surface area contributed by atoms with Gasteiger partial charge < -0.3 is 29.1 Å². The Labute approximate surface area is 250 Å². The lowest BCUT2D eigenvalue weighted by atomic mass is 9.88. The van der Waals surface area contributed by atoms with Crippen molar-refractivity contribution in [2.24, 2.45) is 0 Å². The molecule has 42 heavy (non-hydrogen) atoms. The lowest BCUT2D eigenvalue weighted by Crippen LogP contribution is -2.21. The highest BCUT2D eigenvalue weighted by Crippen LogP contribution is 2.36. The zero-order valence-corrected chi connectivity index (χ0v) is 25.7. The molecule has 0 saturated carbocycles. The Kier molecular flexibility index (Phi) is 10.1. The van der Waals surface area contributed by atoms with Crippen LogP contribution in [0, 0.1) is 23.7 Å². The van der Waals surface area contributed by atoms with E-state index in [1.54, 1.807) is 27.4 Å². The molecular weight excluding hydrogens is 524 g/mol. The summed E-state index contributed by atoms with van der Waals surface area (Å²) in [7, 11) is 13.0. The number of nitrogens with zero attached hydrogens (tertiary/aromatic N) is 2. The van der Waals surface area contributed by atoms with E-state index in [9.17, 15) is 5.11 Å². The maximum atomic E-state index is 11.1. The van der Waals surface area contributed by atoms with Gasteiger partial charge in [-0.1, -0.05) is 23.7 Å². The molecule has 0 heterocycles. The second kappa shape index (κ2) is 13.9. The molecule has 0 saturated heterocycles. The van der Waals surface area contributed by atoms with Gasteiger partial charge in [0.2, 0.25) is 0 Å². The summed E-state index contributed by atoms with van der Waals surface area (Å²) < 4.78 is 17.4. The van der Waals surface area contributed by atoms with Crippen LogP contribution in [0.25, 0.3) is 0 Å². The van der Waals surface area contributed by atoms with Gasteiger partial charge in [-0.25, -0.2) is 0 Å². The molecule has 6 heteroatoms. The minimum Gasteiger partial charge on any atom is -0.508 e. The number of aliphatic hydroxyl groups is 1. The van der Waals surface area contributed by atoms with Crippen molar-refractivity contribution in [3.63, 3.8) is 0 Å². The molecule has 1 atom stereocenters. The minimum atomic E-state index is -0.320. The highest BCUT2D eigenvalue weighted by Gasteiger charge is 2.26. The van der Waals surface area contributed by atoms with E-state index in [0.29, 0.717) is 24.3 Å². The quantitative estimate of drug-likeness (QED) is 0.414. The van der Waals surface area contributed by atoms with Gasteiger partial charge in [-0.3, -0.25) is 0 Å². The van der Waals surface area contributed by atoms with Crippen LogP contribution in [-0.2, 0) is 11.2 Å². The Morgan fingerprint density at radius 1 is 0.786 bits per heavy atom. The standard InChI is InChI=1S/C36H40N2O4/c1-37(2)29-16-12-25(13-17-29)8-10-27-20-33(39)31(34(21-27)40-5)24-32-35(41-6)22-28(23-36(32)42-7)11-9-26-14-18-30(19-15-26)38(3)4/h12,14-16,18-20,22-23,34,39H,13,17,21,24H2,1-7H3. The van der Waals surface area contributed by atoms with E-state index < -0.39 is 0 Å². The molecule has 2 aromatic carbocycles. The van der Waals surface area contributed by atoms with Crippen molar-refractivity contribution in [2.75, 3.05) is 54.4 Å². The summed E-state index contributed by atoms with van der Waals surface area (Å²) >= 11 is 0. The van der Waals surface area contributed by atoms with E-state index in [1.807, 2.05) is 50.5 Å². The summed E-state index contributed by atoms with van der Waals surface area (Å²) in [5.41, 5.74) is 7.62. The summed E-state index contributed by atoms with van der Waals surface area (Å²) in [5, 5.41) is 11.1. The molecule has 4 rings (SSSR count). The maximum absolute atomic E-state index is 11.1. The average molecular weight is 565 g/mol. The first-order valence-electron chi connectivity index (χ1n) is 14.0. The number of ether oxygens (including phenoxy) is 3. The van der Waals surface area contributed by atoms with Crippen LogP contribution >= 0.6 is 0 Å². The molecule has 218 valence electrons. The minimum absolute atomic E-state index is 0.166. The molecule has 6 nitrogen and oxygen atoms in total. The fourth-order valence-corrected chi connectivity index (χ4v) is 4.99. The first-order chi connectivity index (χ1) is 20.2. The van der Waals surface area contributed by atoms with E-state index in [4.69, 9.17) is 14.2 Å². The van der Waals surface area contributed by atoms with Crippen LogP contribution in [0.2, 0.25) is 0 Å². The van der Waals surface area contributed by atoms with Crippen LogP contribution in [-0.4, -0.2) is 65.6 Å². The average Bonchev–Trinajstić information content (AvgIpc) is 3.00. The third-order valence-corrected chi connectivity index (χ3v) is 7.51. The summed E-state index contributed by atoms with van der Waals surface area (Å²) in [4.78, 5) is 4.19. The molecule has 2 aliphatic rings. The van der Waals surface area contributed by atoms with Crippen molar-refractivity contribution in [3.8, 4) is 35.2 Å². The molecule has 0 amide bonds. The summed E-state index contributed by atoms with van der Waals surface area (Å²) in [6.07, 6.45) is 8.50. The largest absolute Gasteiger partial charge is 0.508 e. The second-order valence-electron chi connectivity index (χ2n) is 10.7. The molecule has 0 spiro atoms. The van der Waals surface area contributed by atoms with E-state index in [0.717, 1.165) is 51.9 Å². The van der Waals surface area contributed by atoms with Gasteiger partial charge in [0.1, 0.15) is 17.3 Å². The number of methoxy groups -OCH3 is 3. The normalized spacial score (nSPS) is 16.2. The molecule has 0 aromatic heterocycles. The fourth-order valence-electron chi connectivity index (χ4n) is 4.99. The second-order valence-corrected chi connectivity index (χ2v) is 10.7. The molecule has 2 aromatic rings. The smallest absolute Gasteiger partial charge is 0.127 e. The highest BCUT2D eigenvalue weighted by molar-refractivity contribution is 5.57. The summed E-state index contributed by atoms with van der Waals surface area (Å²) in [5.74, 6) is 14.4. The van der Waals surface area contributed by atoms with Gasteiger partial charge >= 0.3 is 0 Å². The number of hydrogen-bond donors (Lipinski definition) is 1. The first-order valence-corrected chi connectivity index (χ1v) is 14.0. The number of benzene rings is 2. The fraction of sp³-hybridized carbons (Fsp3) is 0.333. The highest BCUT2D eigenvalue weighted by atomic mass is 16.5. The molecule has 0 bridgehead atoms. The zero-order chi connectivity index (χ0) is 30.2. The molecule has 0 aliphatic heterocycles. The summed E-state index contributed by atoms with van der Waals surface area (Å²) in [6.45, 7) is 0. The SMILES string of the molecule is COc1cc(C#Cc2ccc(N(C)C)cc2)cc(OC)c1CC1=C(O)C=C(C#CC2=CC=C(N(C)C)CC2)CC1OC. The Morgan fingerprint density at radius 3 is 1.98 bits per heavy atom. The van der Waals surface area contributed by atoms with Crippen LogP contribution < -0.4 is 14.4 Å². The molecule has 2 aliphatic carbocycles. The molecule has 1 N–H and O–H groups in total. The van der Waals surface area contributed by atoms with Gasteiger partial charge in [-0.2, -0.15) is 0 Å². The van der Waals surface area contributed by atoms with Crippen molar-refractivity contribution in [1.82, 2.24) is 4.90 Å². The van der Waals surface area contributed by atoms with Crippen LogP contribution in [0.3, 0.4) is 0 Å². The van der Waals surface area contributed by atoms with E-state index in [-0.39, 0.29) is 11.9 Å². The predicted molar refractivity (Wildman–Crippen MR) is 170 cm³/mol. The van der Waals surface area contributed by atoms with Gasteiger partial charge in [0, 0.05) is 92.9 Å².